The van der Waals surface area contributed by atoms with Crippen molar-refractivity contribution in [3.8, 4) is 0 Å². The van der Waals surface area contributed by atoms with Crippen molar-refractivity contribution in [3.05, 3.63) is 47.5 Å². The highest BCUT2D eigenvalue weighted by Crippen LogP contribution is 2.30. The summed E-state index contributed by atoms with van der Waals surface area (Å²) < 4.78 is 15.5. The van der Waals surface area contributed by atoms with Crippen molar-refractivity contribution >= 4 is 5.91 Å². The number of likely N-dealkylation sites (tertiary alicyclic amines) is 1. The maximum atomic E-state index is 13.8. The van der Waals surface area contributed by atoms with Gasteiger partial charge in [0.15, 0.2) is 0 Å². The molecule has 134 valence electrons. The number of hydrogen-bond donors (Lipinski definition) is 1. The molecular weight excluding hydrogens is 323 g/mol. The normalized spacial score (nSPS) is 20.9. The number of rotatable bonds is 4. The van der Waals surface area contributed by atoms with Crippen LogP contribution in [0.4, 0.5) is 4.39 Å². The van der Waals surface area contributed by atoms with E-state index in [2.05, 4.69) is 10.3 Å². The average Bonchev–Trinajstić information content (AvgIpc) is 3.08. The predicted molar refractivity (Wildman–Crippen MR) is 90.2 cm³/mol. The number of carbonyl (C=O) groups is 1. The lowest BCUT2D eigenvalue weighted by Gasteiger charge is -2.38. The number of halogens is 1. The lowest BCUT2D eigenvalue weighted by atomic mass is 9.89. The van der Waals surface area contributed by atoms with Crippen LogP contribution in [0.2, 0.25) is 0 Å². The summed E-state index contributed by atoms with van der Waals surface area (Å²) in [5.41, 5.74) is -0.368. The molecule has 1 aliphatic heterocycles. The fourth-order valence-electron chi connectivity index (χ4n) is 3.12. The van der Waals surface area contributed by atoms with E-state index in [0.717, 1.165) is 0 Å². The summed E-state index contributed by atoms with van der Waals surface area (Å²) in [5, 5.41) is 19.1. The van der Waals surface area contributed by atoms with Crippen molar-refractivity contribution < 1.29 is 14.3 Å². The lowest BCUT2D eigenvalue weighted by molar-refractivity contribution is -0.138. The molecule has 2 heterocycles. The van der Waals surface area contributed by atoms with Gasteiger partial charge < -0.3 is 10.0 Å². The topological polar surface area (TPSA) is 71.2 Å². The standard InChI is InChI=1S/C18H23FN4O2/c1-13(2)23-11-16(20-21-23)18(25)8-5-9-22(12-18)17(24)10-14-6-3-4-7-15(14)19/h3-4,6-7,11,13,25H,5,8-10,12H2,1-2H3/t18-/m1/s1. The lowest BCUT2D eigenvalue weighted by Crippen LogP contribution is -2.49. The molecule has 7 heteroatoms. The molecule has 0 aliphatic carbocycles. The summed E-state index contributed by atoms with van der Waals surface area (Å²) >= 11 is 0. The van der Waals surface area contributed by atoms with Crippen LogP contribution in [-0.2, 0) is 16.8 Å². The molecule has 2 aromatic rings. The Labute approximate surface area is 146 Å². The van der Waals surface area contributed by atoms with E-state index in [9.17, 15) is 14.3 Å². The average molecular weight is 346 g/mol. The van der Waals surface area contributed by atoms with Crippen molar-refractivity contribution in [2.75, 3.05) is 13.1 Å². The predicted octanol–water partition coefficient (Wildman–Crippen LogP) is 2.05. The van der Waals surface area contributed by atoms with Gasteiger partial charge in [0.2, 0.25) is 5.91 Å². The van der Waals surface area contributed by atoms with Gasteiger partial charge in [0.1, 0.15) is 17.1 Å². The van der Waals surface area contributed by atoms with Gasteiger partial charge in [-0.3, -0.25) is 4.79 Å². The number of amides is 1. The van der Waals surface area contributed by atoms with Crippen LogP contribution in [0.3, 0.4) is 0 Å². The molecule has 1 N–H and O–H groups in total. The van der Waals surface area contributed by atoms with Crippen LogP contribution in [0.15, 0.2) is 30.5 Å². The first-order valence-corrected chi connectivity index (χ1v) is 8.55. The van der Waals surface area contributed by atoms with E-state index in [1.165, 1.54) is 6.07 Å². The first-order valence-electron chi connectivity index (χ1n) is 8.55. The van der Waals surface area contributed by atoms with Gasteiger partial charge in [-0.2, -0.15) is 0 Å². The first kappa shape index (κ1) is 17.5. The summed E-state index contributed by atoms with van der Waals surface area (Å²) in [4.78, 5) is 14.1. The van der Waals surface area contributed by atoms with Crippen LogP contribution in [0.25, 0.3) is 0 Å². The van der Waals surface area contributed by atoms with Crippen LogP contribution in [0, 0.1) is 5.82 Å². The Bertz CT molecular complexity index is 761. The Hall–Kier alpha value is -2.28. The molecule has 1 amide bonds. The van der Waals surface area contributed by atoms with Crippen molar-refractivity contribution in [3.63, 3.8) is 0 Å². The van der Waals surface area contributed by atoms with Crippen LogP contribution in [-0.4, -0.2) is 44.0 Å². The van der Waals surface area contributed by atoms with Gasteiger partial charge in [-0.15, -0.1) is 5.10 Å². The molecule has 0 saturated carbocycles. The third-order valence-corrected chi connectivity index (χ3v) is 4.64. The minimum Gasteiger partial charge on any atom is -0.382 e. The molecule has 1 aromatic carbocycles. The number of benzene rings is 1. The molecule has 0 spiro atoms. The molecule has 0 bridgehead atoms. The fraction of sp³-hybridized carbons (Fsp3) is 0.500. The minimum absolute atomic E-state index is 0.0125. The number of nitrogens with zero attached hydrogens (tertiary/aromatic N) is 4. The molecule has 1 fully saturated rings. The van der Waals surface area contributed by atoms with Gasteiger partial charge in [-0.1, -0.05) is 23.4 Å². The molecule has 1 atom stereocenters. The van der Waals surface area contributed by atoms with Gasteiger partial charge >= 0.3 is 0 Å². The van der Waals surface area contributed by atoms with Crippen molar-refractivity contribution in [1.29, 1.82) is 0 Å². The molecule has 6 nitrogen and oxygen atoms in total. The van der Waals surface area contributed by atoms with E-state index in [-0.39, 0.29) is 30.7 Å². The second-order valence-electron chi connectivity index (χ2n) is 6.90. The number of carbonyl (C=O) groups excluding carboxylic acids is 1. The molecule has 1 saturated heterocycles. The Morgan fingerprint density at radius 2 is 2.16 bits per heavy atom. The van der Waals surface area contributed by atoms with Crippen LogP contribution < -0.4 is 0 Å². The van der Waals surface area contributed by atoms with Crippen LogP contribution in [0.5, 0.6) is 0 Å². The molecule has 0 radical (unpaired) electrons. The Morgan fingerprint density at radius 3 is 2.84 bits per heavy atom. The third-order valence-electron chi connectivity index (χ3n) is 4.64. The Morgan fingerprint density at radius 1 is 1.40 bits per heavy atom. The van der Waals surface area contributed by atoms with Gasteiger partial charge in [0.05, 0.1) is 19.2 Å². The summed E-state index contributed by atoms with van der Waals surface area (Å²) in [6, 6.07) is 6.41. The maximum Gasteiger partial charge on any atom is 0.227 e. The van der Waals surface area contributed by atoms with Crippen molar-refractivity contribution in [2.24, 2.45) is 0 Å². The van der Waals surface area contributed by atoms with E-state index >= 15 is 0 Å². The number of aromatic nitrogens is 3. The quantitative estimate of drug-likeness (QED) is 0.920. The van der Waals surface area contributed by atoms with Gasteiger partial charge in [-0.05, 0) is 38.3 Å². The minimum atomic E-state index is -1.21. The monoisotopic (exact) mass is 346 g/mol. The van der Waals surface area contributed by atoms with E-state index in [4.69, 9.17) is 0 Å². The molecule has 0 unspecified atom stereocenters. The number of piperidine rings is 1. The summed E-state index contributed by atoms with van der Waals surface area (Å²) in [6.45, 7) is 4.66. The largest absolute Gasteiger partial charge is 0.382 e. The first-order chi connectivity index (χ1) is 11.9. The zero-order valence-electron chi connectivity index (χ0n) is 14.5. The van der Waals surface area contributed by atoms with E-state index in [1.807, 2.05) is 13.8 Å². The van der Waals surface area contributed by atoms with Crippen molar-refractivity contribution in [1.82, 2.24) is 19.9 Å². The van der Waals surface area contributed by atoms with Gasteiger partial charge in [0, 0.05) is 12.6 Å². The second kappa shape index (κ2) is 6.92. The fourth-order valence-corrected chi connectivity index (χ4v) is 3.12. The molecule has 25 heavy (non-hydrogen) atoms. The maximum absolute atomic E-state index is 13.8. The number of hydrogen-bond acceptors (Lipinski definition) is 4. The molecular formula is C18H23FN4O2. The molecule has 3 rings (SSSR count). The smallest absolute Gasteiger partial charge is 0.227 e. The highest BCUT2D eigenvalue weighted by molar-refractivity contribution is 5.79. The van der Waals surface area contributed by atoms with Crippen LogP contribution in [0.1, 0.15) is 44.0 Å². The van der Waals surface area contributed by atoms with Gasteiger partial charge in [-0.25, -0.2) is 9.07 Å². The zero-order valence-corrected chi connectivity index (χ0v) is 14.5. The Kier molecular flexibility index (Phi) is 4.85. The number of β-amino-alcohol motifs (C(OH)–C–C–N with tert-alkyl or cyclic N) is 1. The Balaban J connectivity index is 1.73. The third kappa shape index (κ3) is 3.71. The SMILES string of the molecule is CC(C)n1cc([C@@]2(O)CCCN(C(=O)Cc3ccccc3F)C2)nn1. The van der Waals surface area contributed by atoms with Crippen molar-refractivity contribution in [2.45, 2.75) is 44.8 Å². The number of aliphatic hydroxyl groups is 1. The van der Waals surface area contributed by atoms with Crippen LogP contribution >= 0.6 is 0 Å². The highest BCUT2D eigenvalue weighted by Gasteiger charge is 2.39. The van der Waals surface area contributed by atoms with E-state index in [0.29, 0.717) is 30.6 Å². The molecule has 1 aromatic heterocycles. The second-order valence-corrected chi connectivity index (χ2v) is 6.90. The zero-order chi connectivity index (χ0) is 18.0. The summed E-state index contributed by atoms with van der Waals surface area (Å²) in [5.74, 6) is -0.581. The highest BCUT2D eigenvalue weighted by atomic mass is 19.1. The summed E-state index contributed by atoms with van der Waals surface area (Å²) in [6.07, 6.45) is 2.90. The van der Waals surface area contributed by atoms with Gasteiger partial charge in [0.25, 0.3) is 0 Å². The van der Waals surface area contributed by atoms with E-state index < -0.39 is 5.60 Å². The molecule has 1 aliphatic rings. The summed E-state index contributed by atoms with van der Waals surface area (Å²) in [7, 11) is 0. The van der Waals surface area contributed by atoms with E-state index in [1.54, 1.807) is 34.0 Å².